The highest BCUT2D eigenvalue weighted by Crippen LogP contribution is 2.26. The highest BCUT2D eigenvalue weighted by molar-refractivity contribution is 5.93. The molecule has 156 valence electrons. The molecule has 1 aromatic carbocycles. The van der Waals surface area contributed by atoms with Crippen molar-refractivity contribution in [2.45, 2.75) is 12.5 Å². The van der Waals surface area contributed by atoms with Crippen molar-refractivity contribution in [1.29, 1.82) is 0 Å². The lowest BCUT2D eigenvalue weighted by Gasteiger charge is -2.19. The first-order valence-electron chi connectivity index (χ1n) is 9.77. The summed E-state index contributed by atoms with van der Waals surface area (Å²) < 4.78 is 16.4. The van der Waals surface area contributed by atoms with Gasteiger partial charge in [-0.15, -0.1) is 0 Å². The zero-order valence-electron chi connectivity index (χ0n) is 16.3. The van der Waals surface area contributed by atoms with Crippen LogP contribution in [0, 0.1) is 5.82 Å². The topological polar surface area (TPSA) is 114 Å². The van der Waals surface area contributed by atoms with E-state index in [1.807, 2.05) is 12.1 Å². The van der Waals surface area contributed by atoms with Crippen molar-refractivity contribution in [2.75, 3.05) is 18.0 Å². The van der Waals surface area contributed by atoms with Gasteiger partial charge in [-0.2, -0.15) is 0 Å². The molecule has 8 nitrogen and oxygen atoms in total. The van der Waals surface area contributed by atoms with Gasteiger partial charge in [-0.3, -0.25) is 9.78 Å². The number of benzene rings is 1. The monoisotopic (exact) mass is 419 g/mol. The number of aromatic carboxylic acids is 1. The van der Waals surface area contributed by atoms with Crippen molar-refractivity contribution in [3.05, 3.63) is 70.4 Å². The fraction of sp³-hybridized carbons (Fsp3) is 0.182. The molecule has 4 heterocycles. The van der Waals surface area contributed by atoms with Gasteiger partial charge < -0.3 is 20.3 Å². The van der Waals surface area contributed by atoms with E-state index in [0.29, 0.717) is 25.2 Å². The van der Waals surface area contributed by atoms with Gasteiger partial charge in [0.2, 0.25) is 5.43 Å². The smallest absolute Gasteiger partial charge is 0.341 e. The first-order valence-corrected chi connectivity index (χ1v) is 9.77. The van der Waals surface area contributed by atoms with Crippen LogP contribution in [0.5, 0.6) is 0 Å². The number of nitrogens with two attached hydrogens (primary N) is 1. The molecule has 0 amide bonds. The van der Waals surface area contributed by atoms with Crippen LogP contribution in [0.2, 0.25) is 0 Å². The van der Waals surface area contributed by atoms with E-state index in [0.717, 1.165) is 17.0 Å². The summed E-state index contributed by atoms with van der Waals surface area (Å²) >= 11 is 0. The van der Waals surface area contributed by atoms with Crippen molar-refractivity contribution in [2.24, 2.45) is 5.73 Å². The average Bonchev–Trinajstić information content (AvgIpc) is 3.19. The highest BCUT2D eigenvalue weighted by Gasteiger charge is 2.25. The SMILES string of the molecule is N[C@H]1CCN(c2nc3c(cc2F)c(=O)c(C(=O)O)cn3-c2ccc3ncccc3c2)C1. The molecule has 3 aromatic heterocycles. The van der Waals surface area contributed by atoms with Crippen molar-refractivity contribution in [3.8, 4) is 5.69 Å². The van der Waals surface area contributed by atoms with Gasteiger partial charge in [-0.05, 0) is 36.8 Å². The second-order valence-electron chi connectivity index (χ2n) is 7.59. The molecule has 0 aliphatic carbocycles. The van der Waals surface area contributed by atoms with Crippen LogP contribution in [0.3, 0.4) is 0 Å². The summed E-state index contributed by atoms with van der Waals surface area (Å²) in [5.74, 6) is -1.98. The molecule has 0 saturated carbocycles. The Hall–Kier alpha value is -3.85. The van der Waals surface area contributed by atoms with Crippen molar-refractivity contribution in [3.63, 3.8) is 0 Å². The third kappa shape index (κ3) is 3.19. The lowest BCUT2D eigenvalue weighted by Crippen LogP contribution is -2.28. The quantitative estimate of drug-likeness (QED) is 0.524. The fourth-order valence-corrected chi connectivity index (χ4v) is 3.98. The molecule has 4 aromatic rings. The molecule has 31 heavy (non-hydrogen) atoms. The number of anilines is 1. The summed E-state index contributed by atoms with van der Waals surface area (Å²) in [4.78, 5) is 34.9. The maximum atomic E-state index is 14.9. The number of rotatable bonds is 3. The van der Waals surface area contributed by atoms with Gasteiger partial charge in [0.1, 0.15) is 5.56 Å². The van der Waals surface area contributed by atoms with Gasteiger partial charge in [-0.25, -0.2) is 14.2 Å². The van der Waals surface area contributed by atoms with Crippen LogP contribution >= 0.6 is 0 Å². The molecule has 0 spiro atoms. The minimum Gasteiger partial charge on any atom is -0.477 e. The number of carboxylic acid groups (broad SMARTS) is 1. The van der Waals surface area contributed by atoms with E-state index in [1.165, 1.54) is 10.8 Å². The maximum absolute atomic E-state index is 14.9. The predicted octanol–water partition coefficient (Wildman–Crippen LogP) is 2.31. The van der Waals surface area contributed by atoms with Gasteiger partial charge in [0.05, 0.1) is 10.9 Å². The van der Waals surface area contributed by atoms with Crippen LogP contribution in [0.25, 0.3) is 27.6 Å². The van der Waals surface area contributed by atoms with E-state index in [9.17, 15) is 19.1 Å². The lowest BCUT2D eigenvalue weighted by atomic mass is 10.1. The molecule has 1 saturated heterocycles. The summed E-state index contributed by atoms with van der Waals surface area (Å²) in [6.07, 6.45) is 3.62. The molecule has 1 aliphatic rings. The Bertz CT molecular complexity index is 1420. The van der Waals surface area contributed by atoms with Gasteiger partial charge in [0.25, 0.3) is 0 Å². The Morgan fingerprint density at radius 1 is 1.26 bits per heavy atom. The molecule has 1 atom stereocenters. The van der Waals surface area contributed by atoms with Gasteiger partial charge in [0, 0.05) is 42.6 Å². The van der Waals surface area contributed by atoms with Gasteiger partial charge >= 0.3 is 5.97 Å². The van der Waals surface area contributed by atoms with E-state index in [-0.39, 0.29) is 22.9 Å². The molecular formula is C22H18FN5O3. The van der Waals surface area contributed by atoms with E-state index >= 15 is 0 Å². The van der Waals surface area contributed by atoms with E-state index in [4.69, 9.17) is 5.73 Å². The summed E-state index contributed by atoms with van der Waals surface area (Å²) in [5.41, 5.74) is 6.24. The number of aromatic nitrogens is 3. The van der Waals surface area contributed by atoms with Crippen molar-refractivity contribution < 1.29 is 14.3 Å². The number of carboxylic acids is 1. The number of pyridine rings is 3. The number of carbonyl (C=O) groups is 1. The minimum absolute atomic E-state index is 0.0820. The van der Waals surface area contributed by atoms with Crippen molar-refractivity contribution >= 4 is 33.7 Å². The Balaban J connectivity index is 1.81. The van der Waals surface area contributed by atoms with Crippen LogP contribution in [-0.2, 0) is 0 Å². The predicted molar refractivity (Wildman–Crippen MR) is 114 cm³/mol. The Labute approximate surface area is 175 Å². The third-order valence-electron chi connectivity index (χ3n) is 5.53. The number of halogens is 1. The number of hydrogen-bond donors (Lipinski definition) is 2. The first-order chi connectivity index (χ1) is 14.9. The Morgan fingerprint density at radius 2 is 2.10 bits per heavy atom. The maximum Gasteiger partial charge on any atom is 0.341 e. The summed E-state index contributed by atoms with van der Waals surface area (Å²) in [5, 5.41) is 10.3. The van der Waals surface area contributed by atoms with Crippen molar-refractivity contribution in [1.82, 2.24) is 14.5 Å². The van der Waals surface area contributed by atoms with E-state index in [1.54, 1.807) is 29.3 Å². The zero-order chi connectivity index (χ0) is 21.7. The van der Waals surface area contributed by atoms with Crippen LogP contribution in [-0.4, -0.2) is 44.7 Å². The Kier molecular flexibility index (Phi) is 4.40. The average molecular weight is 419 g/mol. The molecule has 0 radical (unpaired) electrons. The molecule has 5 rings (SSSR count). The molecular weight excluding hydrogens is 401 g/mol. The number of hydrogen-bond acceptors (Lipinski definition) is 6. The standard InChI is InChI=1S/C22H18FN5O3/c23-17-9-15-19(29)16(22(30)31)11-28(14-3-4-18-12(8-14)2-1-6-25-18)20(15)26-21(17)27-7-5-13(24)10-27/h1-4,6,8-9,11,13H,5,7,10,24H2,(H,30,31)/t13-/m0/s1. The second kappa shape index (κ2) is 7.13. The third-order valence-corrected chi connectivity index (χ3v) is 5.53. The molecule has 1 aliphatic heterocycles. The van der Waals surface area contributed by atoms with E-state index in [2.05, 4.69) is 9.97 Å². The molecule has 0 bridgehead atoms. The van der Waals surface area contributed by atoms with Gasteiger partial charge in [0.15, 0.2) is 17.3 Å². The number of nitrogens with zero attached hydrogens (tertiary/aromatic N) is 4. The summed E-state index contributed by atoms with van der Waals surface area (Å²) in [6, 6.07) is 10.0. The largest absolute Gasteiger partial charge is 0.477 e. The van der Waals surface area contributed by atoms with Crippen LogP contribution < -0.4 is 16.1 Å². The lowest BCUT2D eigenvalue weighted by molar-refractivity contribution is 0.0695. The summed E-state index contributed by atoms with van der Waals surface area (Å²) in [7, 11) is 0. The minimum atomic E-state index is -1.39. The fourth-order valence-electron chi connectivity index (χ4n) is 3.98. The summed E-state index contributed by atoms with van der Waals surface area (Å²) in [6.45, 7) is 1.00. The Morgan fingerprint density at radius 3 is 2.84 bits per heavy atom. The number of fused-ring (bicyclic) bond motifs is 2. The molecule has 3 N–H and O–H groups in total. The van der Waals surface area contributed by atoms with E-state index < -0.39 is 22.8 Å². The van der Waals surface area contributed by atoms with Gasteiger partial charge in [-0.1, -0.05) is 6.07 Å². The first kappa shape index (κ1) is 19.1. The van der Waals surface area contributed by atoms with Crippen LogP contribution in [0.4, 0.5) is 10.2 Å². The highest BCUT2D eigenvalue weighted by atomic mass is 19.1. The van der Waals surface area contributed by atoms with Crippen LogP contribution in [0.15, 0.2) is 53.6 Å². The molecule has 0 unspecified atom stereocenters. The second-order valence-corrected chi connectivity index (χ2v) is 7.59. The normalized spacial score (nSPS) is 16.3. The molecule has 9 heteroatoms. The zero-order valence-corrected chi connectivity index (χ0v) is 16.3. The molecule has 1 fully saturated rings. The van der Waals surface area contributed by atoms with Crippen LogP contribution in [0.1, 0.15) is 16.8 Å².